The van der Waals surface area contributed by atoms with Gasteiger partial charge in [-0.1, -0.05) is 27.5 Å². The van der Waals surface area contributed by atoms with Crippen LogP contribution < -0.4 is 5.32 Å². The van der Waals surface area contributed by atoms with Crippen LogP contribution in [0.25, 0.3) is 0 Å². The lowest BCUT2D eigenvalue weighted by Crippen LogP contribution is -2.26. The van der Waals surface area contributed by atoms with Crippen molar-refractivity contribution in [3.8, 4) is 0 Å². The van der Waals surface area contributed by atoms with E-state index < -0.39 is 6.04 Å². The van der Waals surface area contributed by atoms with Gasteiger partial charge in [0.1, 0.15) is 6.04 Å². The molecule has 1 N–H and O–H groups in total. The van der Waals surface area contributed by atoms with Crippen LogP contribution in [0.1, 0.15) is 11.6 Å². The van der Waals surface area contributed by atoms with Crippen LogP contribution in [0.2, 0.25) is 5.02 Å². The highest BCUT2D eigenvalue weighted by Gasteiger charge is 2.21. The number of likely N-dealkylation sites (N-methyl/N-ethyl adjacent to an activating group) is 1. The maximum Gasteiger partial charge on any atom is 0.327 e. The highest BCUT2D eigenvalue weighted by Crippen LogP contribution is 2.27. The first kappa shape index (κ1) is 12.5. The molecule has 0 radical (unpaired) electrons. The molecule has 0 aliphatic rings. The van der Waals surface area contributed by atoms with Crippen molar-refractivity contribution in [2.24, 2.45) is 0 Å². The zero-order valence-corrected chi connectivity index (χ0v) is 10.7. The Morgan fingerprint density at radius 1 is 1.60 bits per heavy atom. The van der Waals surface area contributed by atoms with Crippen molar-refractivity contribution < 1.29 is 9.53 Å². The first-order valence-electron chi connectivity index (χ1n) is 4.30. The van der Waals surface area contributed by atoms with Crippen LogP contribution in [-0.2, 0) is 9.53 Å². The molecule has 82 valence electrons. The van der Waals surface area contributed by atoms with Gasteiger partial charge in [0.15, 0.2) is 0 Å². The van der Waals surface area contributed by atoms with Crippen molar-refractivity contribution in [1.29, 1.82) is 0 Å². The van der Waals surface area contributed by atoms with E-state index in [9.17, 15) is 4.79 Å². The van der Waals surface area contributed by atoms with Crippen molar-refractivity contribution in [1.82, 2.24) is 5.32 Å². The van der Waals surface area contributed by atoms with E-state index in [1.54, 1.807) is 25.2 Å². The summed E-state index contributed by atoms with van der Waals surface area (Å²) in [6.45, 7) is 0. The molecule has 5 heteroatoms. The number of methoxy groups -OCH3 is 1. The van der Waals surface area contributed by atoms with E-state index in [2.05, 4.69) is 26.0 Å². The number of ether oxygens (including phenoxy) is 1. The van der Waals surface area contributed by atoms with Gasteiger partial charge in [0.05, 0.1) is 7.11 Å². The van der Waals surface area contributed by atoms with E-state index in [-0.39, 0.29) is 5.97 Å². The van der Waals surface area contributed by atoms with Gasteiger partial charge < -0.3 is 10.1 Å². The molecule has 0 heterocycles. The molecule has 0 saturated carbocycles. The monoisotopic (exact) mass is 291 g/mol. The molecule has 0 aromatic heterocycles. The molecule has 0 aliphatic carbocycles. The molecule has 1 aromatic rings. The van der Waals surface area contributed by atoms with Crippen molar-refractivity contribution in [3.63, 3.8) is 0 Å². The minimum Gasteiger partial charge on any atom is -0.468 e. The fourth-order valence-electron chi connectivity index (χ4n) is 1.25. The van der Waals surface area contributed by atoms with E-state index in [1.165, 1.54) is 7.11 Å². The van der Waals surface area contributed by atoms with E-state index in [0.717, 1.165) is 10.0 Å². The van der Waals surface area contributed by atoms with Crippen LogP contribution in [0.15, 0.2) is 22.7 Å². The van der Waals surface area contributed by atoms with Gasteiger partial charge in [0, 0.05) is 9.50 Å². The van der Waals surface area contributed by atoms with Crippen LogP contribution in [0.5, 0.6) is 0 Å². The number of rotatable bonds is 3. The Morgan fingerprint density at radius 2 is 2.27 bits per heavy atom. The predicted octanol–water partition coefficient (Wildman–Crippen LogP) is 2.54. The third-order valence-electron chi connectivity index (χ3n) is 1.99. The number of carbonyl (C=O) groups excluding carboxylic acids is 1. The van der Waals surface area contributed by atoms with Crippen LogP contribution in [-0.4, -0.2) is 20.1 Å². The van der Waals surface area contributed by atoms with Crippen molar-refractivity contribution in [2.75, 3.05) is 14.2 Å². The Balaban J connectivity index is 3.11. The molecule has 0 spiro atoms. The summed E-state index contributed by atoms with van der Waals surface area (Å²) in [4.78, 5) is 11.5. The minimum atomic E-state index is -0.511. The Kier molecular flexibility index (Phi) is 4.57. The fourth-order valence-corrected chi connectivity index (χ4v) is 1.91. The molecule has 0 fully saturated rings. The summed E-state index contributed by atoms with van der Waals surface area (Å²) < 4.78 is 5.50. The molecule has 15 heavy (non-hydrogen) atoms. The highest BCUT2D eigenvalue weighted by molar-refractivity contribution is 9.10. The van der Waals surface area contributed by atoms with Crippen molar-refractivity contribution in [3.05, 3.63) is 33.3 Å². The number of esters is 1. The number of benzene rings is 1. The zero-order chi connectivity index (χ0) is 11.4. The Labute approximate surface area is 102 Å². The zero-order valence-electron chi connectivity index (χ0n) is 8.38. The first-order valence-corrected chi connectivity index (χ1v) is 5.47. The highest BCUT2D eigenvalue weighted by atomic mass is 79.9. The normalized spacial score (nSPS) is 12.3. The van der Waals surface area contributed by atoms with Crippen LogP contribution >= 0.6 is 27.5 Å². The Hall–Kier alpha value is -0.580. The molecule has 3 nitrogen and oxygen atoms in total. The second-order valence-corrected chi connectivity index (χ2v) is 4.20. The topological polar surface area (TPSA) is 38.3 Å². The molecule has 0 amide bonds. The molecule has 0 bridgehead atoms. The van der Waals surface area contributed by atoms with Gasteiger partial charge in [-0.2, -0.15) is 0 Å². The second kappa shape index (κ2) is 5.49. The maximum atomic E-state index is 11.5. The minimum absolute atomic E-state index is 0.347. The summed E-state index contributed by atoms with van der Waals surface area (Å²) in [5.41, 5.74) is 0.761. The van der Waals surface area contributed by atoms with E-state index in [1.807, 2.05) is 0 Å². The number of carbonyl (C=O) groups is 1. The second-order valence-electron chi connectivity index (χ2n) is 2.91. The summed E-state index contributed by atoms with van der Waals surface area (Å²) in [7, 11) is 3.04. The molecular formula is C10H11BrClNO2. The van der Waals surface area contributed by atoms with E-state index in [4.69, 9.17) is 11.6 Å². The first-order chi connectivity index (χ1) is 7.10. The maximum absolute atomic E-state index is 11.5. The molecule has 0 saturated heterocycles. The predicted molar refractivity (Wildman–Crippen MR) is 63.0 cm³/mol. The lowest BCUT2D eigenvalue weighted by Gasteiger charge is -2.15. The number of hydrogen-bond acceptors (Lipinski definition) is 3. The van der Waals surface area contributed by atoms with E-state index in [0.29, 0.717) is 5.02 Å². The van der Waals surface area contributed by atoms with Crippen LogP contribution in [0.3, 0.4) is 0 Å². The summed E-state index contributed by atoms with van der Waals surface area (Å²) in [6.07, 6.45) is 0. The summed E-state index contributed by atoms with van der Waals surface area (Å²) in [5.74, 6) is -0.347. The number of nitrogens with one attached hydrogen (secondary N) is 1. The average molecular weight is 293 g/mol. The standard InChI is InChI=1S/C10H11BrClNO2/c1-13-9(10(14)15-2)7-5-6(12)3-4-8(7)11/h3-5,9,13H,1-2H3. The summed E-state index contributed by atoms with van der Waals surface area (Å²) >= 11 is 9.23. The quantitative estimate of drug-likeness (QED) is 0.870. The molecular weight excluding hydrogens is 281 g/mol. The molecule has 1 aromatic carbocycles. The van der Waals surface area contributed by atoms with Gasteiger partial charge >= 0.3 is 5.97 Å². The third-order valence-corrected chi connectivity index (χ3v) is 2.95. The fraction of sp³-hybridized carbons (Fsp3) is 0.300. The number of hydrogen-bond donors (Lipinski definition) is 1. The lowest BCUT2D eigenvalue weighted by molar-refractivity contribution is -0.143. The van der Waals surface area contributed by atoms with Crippen molar-refractivity contribution in [2.45, 2.75) is 6.04 Å². The molecule has 1 atom stereocenters. The molecule has 1 unspecified atom stereocenters. The third kappa shape index (κ3) is 2.93. The summed E-state index contributed by atoms with van der Waals surface area (Å²) in [5, 5.41) is 3.45. The SMILES string of the molecule is CNC(C(=O)OC)c1cc(Cl)ccc1Br. The van der Waals surface area contributed by atoms with Gasteiger partial charge in [-0.25, -0.2) is 4.79 Å². The molecule has 0 aliphatic heterocycles. The van der Waals surface area contributed by atoms with Gasteiger partial charge in [-0.15, -0.1) is 0 Å². The van der Waals surface area contributed by atoms with Gasteiger partial charge in [0.25, 0.3) is 0 Å². The Morgan fingerprint density at radius 3 is 2.80 bits per heavy atom. The van der Waals surface area contributed by atoms with Gasteiger partial charge in [-0.3, -0.25) is 0 Å². The van der Waals surface area contributed by atoms with Crippen LogP contribution in [0, 0.1) is 0 Å². The number of halogens is 2. The van der Waals surface area contributed by atoms with Gasteiger partial charge in [0.2, 0.25) is 0 Å². The van der Waals surface area contributed by atoms with Gasteiger partial charge in [-0.05, 0) is 30.8 Å². The van der Waals surface area contributed by atoms with E-state index >= 15 is 0 Å². The van der Waals surface area contributed by atoms with Crippen LogP contribution in [0.4, 0.5) is 0 Å². The molecule has 1 rings (SSSR count). The lowest BCUT2D eigenvalue weighted by atomic mass is 10.1. The largest absolute Gasteiger partial charge is 0.468 e. The van der Waals surface area contributed by atoms with Crippen molar-refractivity contribution >= 4 is 33.5 Å². The smallest absolute Gasteiger partial charge is 0.327 e. The summed E-state index contributed by atoms with van der Waals surface area (Å²) in [6, 6.07) is 4.76. The Bertz CT molecular complexity index is 370. The average Bonchev–Trinajstić information content (AvgIpc) is 2.23.